The average Bonchev–Trinajstić information content (AvgIpc) is 2.74. The molecule has 0 radical (unpaired) electrons. The van der Waals surface area contributed by atoms with E-state index in [2.05, 4.69) is 10.2 Å². The van der Waals surface area contributed by atoms with Gasteiger partial charge in [0.2, 0.25) is 11.2 Å². The van der Waals surface area contributed by atoms with Crippen molar-refractivity contribution < 1.29 is 23.4 Å². The molecule has 2 heterocycles. The van der Waals surface area contributed by atoms with Crippen LogP contribution in [-0.4, -0.2) is 56.2 Å². The second-order valence-corrected chi connectivity index (χ2v) is 7.59. The lowest BCUT2D eigenvalue weighted by Crippen LogP contribution is -2.32. The van der Waals surface area contributed by atoms with Gasteiger partial charge in [0.15, 0.2) is 6.61 Å². The Morgan fingerprint density at radius 2 is 1.97 bits per heavy atom. The van der Waals surface area contributed by atoms with Gasteiger partial charge in [-0.15, -0.1) is 0 Å². The minimum Gasteiger partial charge on any atom is -0.497 e. The molecule has 3 rings (SSSR count). The standard InChI is InChI=1S/C20H24N2O6S/c1-25-14-3-4-18(26-2)16(9-14)21-20(24)13-28-19-12-27-15(10-17(19)23)11-22-5-7-29-8-6-22/h3-4,9-10,12H,5-8,11,13H2,1-2H3,(H,21,24). The van der Waals surface area contributed by atoms with Crippen molar-refractivity contribution in [1.82, 2.24) is 4.90 Å². The molecule has 0 bridgehead atoms. The highest BCUT2D eigenvalue weighted by atomic mass is 32.2. The maximum atomic E-state index is 12.3. The zero-order valence-electron chi connectivity index (χ0n) is 16.4. The third-order valence-corrected chi connectivity index (χ3v) is 5.32. The smallest absolute Gasteiger partial charge is 0.262 e. The summed E-state index contributed by atoms with van der Waals surface area (Å²) < 4.78 is 21.2. The summed E-state index contributed by atoms with van der Waals surface area (Å²) >= 11 is 1.92. The second-order valence-electron chi connectivity index (χ2n) is 6.37. The molecule has 0 aliphatic carbocycles. The fourth-order valence-electron chi connectivity index (χ4n) is 2.85. The Balaban J connectivity index is 1.57. The molecule has 1 N–H and O–H groups in total. The third-order valence-electron chi connectivity index (χ3n) is 4.37. The summed E-state index contributed by atoms with van der Waals surface area (Å²) in [4.78, 5) is 26.7. The van der Waals surface area contributed by atoms with Crippen molar-refractivity contribution in [2.24, 2.45) is 0 Å². The van der Waals surface area contributed by atoms with E-state index in [4.69, 9.17) is 18.6 Å². The maximum absolute atomic E-state index is 12.3. The lowest BCUT2D eigenvalue weighted by atomic mass is 10.2. The predicted octanol–water partition coefficient (Wildman–Crippen LogP) is 2.22. The Labute approximate surface area is 173 Å². The van der Waals surface area contributed by atoms with Gasteiger partial charge in [0.05, 0.1) is 26.5 Å². The van der Waals surface area contributed by atoms with Crippen molar-refractivity contribution >= 4 is 23.4 Å². The second kappa shape index (κ2) is 10.2. The summed E-state index contributed by atoms with van der Waals surface area (Å²) in [6.07, 6.45) is 1.26. The summed E-state index contributed by atoms with van der Waals surface area (Å²) in [5.41, 5.74) is 0.131. The normalized spacial score (nSPS) is 14.3. The number of nitrogens with one attached hydrogen (secondary N) is 1. The van der Waals surface area contributed by atoms with Crippen LogP contribution in [0.4, 0.5) is 5.69 Å². The SMILES string of the molecule is COc1ccc(OC)c(NC(=O)COc2coc(CN3CCSCC3)cc2=O)c1. The molecule has 2 aromatic rings. The monoisotopic (exact) mass is 420 g/mol. The largest absolute Gasteiger partial charge is 0.497 e. The fourth-order valence-corrected chi connectivity index (χ4v) is 3.83. The van der Waals surface area contributed by atoms with Crippen LogP contribution in [0.3, 0.4) is 0 Å². The molecule has 1 saturated heterocycles. The van der Waals surface area contributed by atoms with Crippen molar-refractivity contribution in [3.63, 3.8) is 0 Å². The van der Waals surface area contributed by atoms with E-state index >= 15 is 0 Å². The highest BCUT2D eigenvalue weighted by molar-refractivity contribution is 7.99. The van der Waals surface area contributed by atoms with Crippen molar-refractivity contribution in [3.05, 3.63) is 46.5 Å². The van der Waals surface area contributed by atoms with E-state index in [0.29, 0.717) is 29.5 Å². The van der Waals surface area contributed by atoms with Crippen LogP contribution in [0.2, 0.25) is 0 Å². The topological polar surface area (TPSA) is 90.2 Å². The minimum absolute atomic E-state index is 0.00398. The minimum atomic E-state index is -0.439. The number of methoxy groups -OCH3 is 2. The van der Waals surface area contributed by atoms with Crippen LogP contribution < -0.4 is 25.0 Å². The van der Waals surface area contributed by atoms with Crippen LogP contribution in [0, 0.1) is 0 Å². The summed E-state index contributed by atoms with van der Waals surface area (Å²) in [6, 6.07) is 6.46. The van der Waals surface area contributed by atoms with Gasteiger partial charge in [-0.3, -0.25) is 14.5 Å². The van der Waals surface area contributed by atoms with Crippen LogP contribution in [0.25, 0.3) is 0 Å². The van der Waals surface area contributed by atoms with Gasteiger partial charge in [-0.2, -0.15) is 11.8 Å². The number of carbonyl (C=O) groups excluding carboxylic acids is 1. The van der Waals surface area contributed by atoms with Crippen LogP contribution >= 0.6 is 11.8 Å². The molecule has 0 unspecified atom stereocenters. The zero-order valence-corrected chi connectivity index (χ0v) is 17.3. The molecule has 1 fully saturated rings. The third kappa shape index (κ3) is 5.91. The van der Waals surface area contributed by atoms with Crippen LogP contribution in [0.15, 0.2) is 39.7 Å². The first-order valence-electron chi connectivity index (χ1n) is 9.15. The first kappa shape index (κ1) is 21.1. The molecule has 9 heteroatoms. The highest BCUT2D eigenvalue weighted by Gasteiger charge is 2.14. The summed E-state index contributed by atoms with van der Waals surface area (Å²) in [6.45, 7) is 2.20. The molecule has 29 heavy (non-hydrogen) atoms. The summed E-state index contributed by atoms with van der Waals surface area (Å²) in [7, 11) is 3.03. The Morgan fingerprint density at radius 3 is 2.66 bits per heavy atom. The van der Waals surface area contributed by atoms with Gasteiger partial charge in [-0.25, -0.2) is 0 Å². The van der Waals surface area contributed by atoms with Gasteiger partial charge >= 0.3 is 0 Å². The molecule has 0 spiro atoms. The van der Waals surface area contributed by atoms with Crippen molar-refractivity contribution in [2.75, 3.05) is 50.7 Å². The van der Waals surface area contributed by atoms with Gasteiger partial charge in [0.1, 0.15) is 23.5 Å². The number of carbonyl (C=O) groups is 1. The van der Waals surface area contributed by atoms with E-state index < -0.39 is 5.91 Å². The number of thioether (sulfide) groups is 1. The number of benzene rings is 1. The lowest BCUT2D eigenvalue weighted by Gasteiger charge is -2.25. The summed E-state index contributed by atoms with van der Waals surface area (Å²) in [5, 5.41) is 2.68. The number of nitrogens with zero attached hydrogens (tertiary/aromatic N) is 1. The Hall–Kier alpha value is -2.65. The number of rotatable bonds is 8. The molecule has 156 valence electrons. The summed E-state index contributed by atoms with van der Waals surface area (Å²) in [5.74, 6) is 3.36. The number of hydrogen-bond acceptors (Lipinski definition) is 8. The van der Waals surface area contributed by atoms with E-state index in [0.717, 1.165) is 24.6 Å². The average molecular weight is 420 g/mol. The van der Waals surface area contributed by atoms with E-state index in [1.807, 2.05) is 11.8 Å². The molecule has 1 aliphatic rings. The van der Waals surface area contributed by atoms with Gasteiger partial charge in [-0.1, -0.05) is 0 Å². The number of hydrogen-bond donors (Lipinski definition) is 1. The molecule has 1 aromatic carbocycles. The van der Waals surface area contributed by atoms with Crippen LogP contribution in [0.5, 0.6) is 17.2 Å². The molecule has 8 nitrogen and oxygen atoms in total. The predicted molar refractivity (Wildman–Crippen MR) is 111 cm³/mol. The van der Waals surface area contributed by atoms with Crippen molar-refractivity contribution in [1.29, 1.82) is 0 Å². The Morgan fingerprint density at radius 1 is 1.17 bits per heavy atom. The molecule has 1 aromatic heterocycles. The fraction of sp³-hybridized carbons (Fsp3) is 0.400. The first-order valence-corrected chi connectivity index (χ1v) is 10.3. The maximum Gasteiger partial charge on any atom is 0.262 e. The first-order chi connectivity index (χ1) is 14.1. The highest BCUT2D eigenvalue weighted by Crippen LogP contribution is 2.28. The lowest BCUT2D eigenvalue weighted by molar-refractivity contribution is -0.118. The molecule has 1 amide bonds. The quantitative estimate of drug-likeness (QED) is 0.695. The van der Waals surface area contributed by atoms with E-state index in [-0.39, 0.29) is 17.8 Å². The molecule has 0 saturated carbocycles. The van der Waals surface area contributed by atoms with E-state index in [1.54, 1.807) is 18.2 Å². The molecular weight excluding hydrogens is 396 g/mol. The number of ether oxygens (including phenoxy) is 3. The Bertz CT molecular complexity index is 895. The van der Waals surface area contributed by atoms with Gasteiger partial charge in [0, 0.05) is 36.7 Å². The molecule has 0 atom stereocenters. The van der Waals surface area contributed by atoms with Gasteiger partial charge in [-0.05, 0) is 12.1 Å². The van der Waals surface area contributed by atoms with Crippen LogP contribution in [-0.2, 0) is 11.3 Å². The number of anilines is 1. The Kier molecular flexibility index (Phi) is 7.42. The molecular formula is C20H24N2O6S. The number of amides is 1. The van der Waals surface area contributed by atoms with Crippen molar-refractivity contribution in [2.45, 2.75) is 6.54 Å². The molecule has 1 aliphatic heterocycles. The van der Waals surface area contributed by atoms with Gasteiger partial charge in [0.25, 0.3) is 5.91 Å². The van der Waals surface area contributed by atoms with E-state index in [1.165, 1.54) is 26.5 Å². The zero-order chi connectivity index (χ0) is 20.6. The van der Waals surface area contributed by atoms with Crippen molar-refractivity contribution in [3.8, 4) is 17.2 Å². The van der Waals surface area contributed by atoms with E-state index in [9.17, 15) is 9.59 Å². The van der Waals surface area contributed by atoms with Crippen LogP contribution in [0.1, 0.15) is 5.76 Å². The van der Waals surface area contributed by atoms with Gasteiger partial charge < -0.3 is 23.9 Å².